The first-order valence-electron chi connectivity index (χ1n) is 3.96. The molecule has 1 rings (SSSR count). The summed E-state index contributed by atoms with van der Waals surface area (Å²) in [6.45, 7) is 2.04. The summed E-state index contributed by atoms with van der Waals surface area (Å²) in [4.78, 5) is 0. The summed E-state index contributed by atoms with van der Waals surface area (Å²) in [5, 5.41) is 11.9. The zero-order valence-corrected chi connectivity index (χ0v) is 7.98. The van der Waals surface area contributed by atoms with Crippen LogP contribution in [-0.4, -0.2) is 17.8 Å². The molecule has 0 aromatic heterocycles. The van der Waals surface area contributed by atoms with Crippen molar-refractivity contribution in [3.8, 4) is 0 Å². The zero-order valence-electron chi connectivity index (χ0n) is 7.22. The van der Waals surface area contributed by atoms with Gasteiger partial charge in [-0.25, -0.2) is 4.39 Å². The van der Waals surface area contributed by atoms with Crippen molar-refractivity contribution >= 4 is 17.3 Å². The maximum atomic E-state index is 12.9. The number of aliphatic hydroxyl groups excluding tert-OH is 1. The monoisotopic (exact) mass is 203 g/mol. The van der Waals surface area contributed by atoms with Gasteiger partial charge in [-0.2, -0.15) is 0 Å². The third-order valence-corrected chi connectivity index (χ3v) is 1.83. The second kappa shape index (κ2) is 4.44. The average Bonchev–Trinajstić information content (AvgIpc) is 2.07. The molecule has 0 aliphatic rings. The van der Waals surface area contributed by atoms with Crippen LogP contribution in [0.3, 0.4) is 0 Å². The fraction of sp³-hybridized carbons (Fsp3) is 0.333. The molecule has 0 aliphatic heterocycles. The van der Waals surface area contributed by atoms with Crippen molar-refractivity contribution in [1.29, 1.82) is 0 Å². The van der Waals surface area contributed by atoms with Crippen LogP contribution < -0.4 is 5.32 Å². The van der Waals surface area contributed by atoms with Crippen LogP contribution in [0.2, 0.25) is 5.02 Å². The lowest BCUT2D eigenvalue weighted by atomic mass is 10.3. The molecule has 1 aromatic carbocycles. The normalized spacial score (nSPS) is 12.6. The molecule has 1 aromatic rings. The van der Waals surface area contributed by atoms with Gasteiger partial charge in [0.1, 0.15) is 5.82 Å². The van der Waals surface area contributed by atoms with Crippen LogP contribution in [-0.2, 0) is 0 Å². The van der Waals surface area contributed by atoms with E-state index in [1.165, 1.54) is 12.1 Å². The summed E-state index contributed by atoms with van der Waals surface area (Å²) in [7, 11) is 0. The quantitative estimate of drug-likeness (QED) is 0.790. The molecule has 72 valence electrons. The number of rotatable bonds is 3. The Kier molecular flexibility index (Phi) is 3.51. The Morgan fingerprint density at radius 1 is 1.62 bits per heavy atom. The van der Waals surface area contributed by atoms with Gasteiger partial charge in [0.15, 0.2) is 0 Å². The van der Waals surface area contributed by atoms with E-state index in [1.54, 1.807) is 13.0 Å². The lowest BCUT2D eigenvalue weighted by molar-refractivity contribution is 0.208. The molecule has 4 heteroatoms. The summed E-state index contributed by atoms with van der Waals surface area (Å²) in [6, 6.07) is 4.43. The SMILES string of the molecule is C[C@@H](O)CNc1ccc(Cl)c(F)c1. The van der Waals surface area contributed by atoms with E-state index in [2.05, 4.69) is 5.32 Å². The van der Waals surface area contributed by atoms with Crippen molar-refractivity contribution < 1.29 is 9.50 Å². The van der Waals surface area contributed by atoms with Gasteiger partial charge >= 0.3 is 0 Å². The summed E-state index contributed by atoms with van der Waals surface area (Å²) < 4.78 is 12.9. The van der Waals surface area contributed by atoms with Crippen LogP contribution in [0.15, 0.2) is 18.2 Å². The number of aliphatic hydroxyl groups is 1. The molecular weight excluding hydrogens is 193 g/mol. The van der Waals surface area contributed by atoms with Gasteiger partial charge in [-0.3, -0.25) is 0 Å². The van der Waals surface area contributed by atoms with Gasteiger partial charge in [-0.05, 0) is 25.1 Å². The summed E-state index contributed by atoms with van der Waals surface area (Å²) in [6.07, 6.45) is -0.460. The van der Waals surface area contributed by atoms with Gasteiger partial charge in [0, 0.05) is 12.2 Å². The van der Waals surface area contributed by atoms with Gasteiger partial charge in [0.25, 0.3) is 0 Å². The van der Waals surface area contributed by atoms with Crippen molar-refractivity contribution in [2.45, 2.75) is 13.0 Å². The molecule has 2 nitrogen and oxygen atoms in total. The first kappa shape index (κ1) is 10.3. The van der Waals surface area contributed by atoms with Crippen molar-refractivity contribution in [3.05, 3.63) is 29.0 Å². The van der Waals surface area contributed by atoms with Crippen LogP contribution in [0.4, 0.5) is 10.1 Å². The van der Waals surface area contributed by atoms with Crippen molar-refractivity contribution in [2.75, 3.05) is 11.9 Å². The Balaban J connectivity index is 2.63. The Morgan fingerprint density at radius 3 is 2.85 bits per heavy atom. The predicted octanol–water partition coefficient (Wildman–Crippen LogP) is 2.27. The van der Waals surface area contributed by atoms with Gasteiger partial charge in [-0.15, -0.1) is 0 Å². The van der Waals surface area contributed by atoms with Crippen LogP contribution in [0.1, 0.15) is 6.92 Å². The van der Waals surface area contributed by atoms with Gasteiger partial charge in [0.2, 0.25) is 0 Å². The smallest absolute Gasteiger partial charge is 0.143 e. The molecule has 13 heavy (non-hydrogen) atoms. The minimum Gasteiger partial charge on any atom is -0.392 e. The molecule has 0 spiro atoms. The van der Waals surface area contributed by atoms with Gasteiger partial charge in [0.05, 0.1) is 11.1 Å². The molecule has 0 aliphatic carbocycles. The molecule has 0 bridgehead atoms. The maximum Gasteiger partial charge on any atom is 0.143 e. The highest BCUT2D eigenvalue weighted by Crippen LogP contribution is 2.18. The number of hydrogen-bond acceptors (Lipinski definition) is 2. The standard InChI is InChI=1S/C9H11ClFNO/c1-6(13)5-12-7-2-3-8(10)9(11)4-7/h2-4,6,12-13H,5H2,1H3/t6-/m1/s1. The van der Waals surface area contributed by atoms with E-state index in [0.29, 0.717) is 12.2 Å². The number of halogens is 2. The molecule has 0 heterocycles. The highest BCUT2D eigenvalue weighted by atomic mass is 35.5. The highest BCUT2D eigenvalue weighted by Gasteiger charge is 2.01. The van der Waals surface area contributed by atoms with Gasteiger partial charge in [-0.1, -0.05) is 11.6 Å². The van der Waals surface area contributed by atoms with E-state index in [-0.39, 0.29) is 5.02 Å². The van der Waals surface area contributed by atoms with Crippen molar-refractivity contribution in [2.24, 2.45) is 0 Å². The average molecular weight is 204 g/mol. The fourth-order valence-electron chi connectivity index (χ4n) is 0.872. The minimum atomic E-state index is -0.461. The van der Waals surface area contributed by atoms with E-state index in [0.717, 1.165) is 0 Å². The largest absolute Gasteiger partial charge is 0.392 e. The lowest BCUT2D eigenvalue weighted by Crippen LogP contribution is -2.15. The molecule has 0 saturated heterocycles. The first-order valence-corrected chi connectivity index (χ1v) is 4.34. The fourth-order valence-corrected chi connectivity index (χ4v) is 0.989. The van der Waals surface area contributed by atoms with E-state index in [1.807, 2.05) is 0 Å². The highest BCUT2D eigenvalue weighted by molar-refractivity contribution is 6.30. The number of anilines is 1. The Morgan fingerprint density at radius 2 is 2.31 bits per heavy atom. The van der Waals surface area contributed by atoms with Crippen molar-refractivity contribution in [1.82, 2.24) is 0 Å². The van der Waals surface area contributed by atoms with Crippen LogP contribution >= 0.6 is 11.6 Å². The van der Waals surface area contributed by atoms with Gasteiger partial charge < -0.3 is 10.4 Å². The molecule has 0 radical (unpaired) electrons. The molecule has 0 fully saturated rings. The van der Waals surface area contributed by atoms with Crippen molar-refractivity contribution in [3.63, 3.8) is 0 Å². The number of hydrogen-bond donors (Lipinski definition) is 2. The lowest BCUT2D eigenvalue weighted by Gasteiger charge is -2.08. The predicted molar refractivity (Wildman–Crippen MR) is 51.6 cm³/mol. The third-order valence-electron chi connectivity index (χ3n) is 1.52. The summed E-state index contributed by atoms with van der Waals surface area (Å²) in [5.41, 5.74) is 0.614. The number of nitrogens with one attached hydrogen (secondary N) is 1. The van der Waals surface area contributed by atoms with E-state index in [4.69, 9.17) is 16.7 Å². The van der Waals surface area contributed by atoms with Crippen LogP contribution in [0.5, 0.6) is 0 Å². The summed E-state index contributed by atoms with van der Waals surface area (Å²) in [5.74, 6) is -0.461. The molecule has 0 saturated carbocycles. The first-order chi connectivity index (χ1) is 6.09. The molecule has 2 N–H and O–H groups in total. The Bertz CT molecular complexity index is 291. The second-order valence-electron chi connectivity index (χ2n) is 2.86. The third kappa shape index (κ3) is 3.20. The minimum absolute atomic E-state index is 0.0996. The topological polar surface area (TPSA) is 32.3 Å². The van der Waals surface area contributed by atoms with Crippen LogP contribution in [0.25, 0.3) is 0 Å². The maximum absolute atomic E-state index is 12.9. The molecule has 0 unspecified atom stereocenters. The molecular formula is C9H11ClFNO. The zero-order chi connectivity index (χ0) is 9.84. The Labute approximate surface area is 81.3 Å². The number of benzene rings is 1. The second-order valence-corrected chi connectivity index (χ2v) is 3.27. The van der Waals surface area contributed by atoms with Crippen LogP contribution in [0, 0.1) is 5.82 Å². The Hall–Kier alpha value is -0.800. The van der Waals surface area contributed by atoms with E-state index >= 15 is 0 Å². The van der Waals surface area contributed by atoms with E-state index < -0.39 is 11.9 Å². The molecule has 1 atom stereocenters. The van der Waals surface area contributed by atoms with E-state index in [9.17, 15) is 4.39 Å². The molecule has 0 amide bonds. The summed E-state index contributed by atoms with van der Waals surface area (Å²) >= 11 is 5.49.